The average Bonchev–Trinajstić information content (AvgIpc) is 3.14. The molecule has 0 aliphatic carbocycles. The lowest BCUT2D eigenvalue weighted by Gasteiger charge is -2.14. The summed E-state index contributed by atoms with van der Waals surface area (Å²) in [5, 5.41) is 6.15. The lowest BCUT2D eigenvalue weighted by atomic mass is 10.2. The van der Waals surface area contributed by atoms with Gasteiger partial charge in [-0.2, -0.15) is 0 Å². The number of ether oxygens (including phenoxy) is 2. The van der Waals surface area contributed by atoms with Gasteiger partial charge in [0.1, 0.15) is 23.7 Å². The fraction of sp³-hybridized carbons (Fsp3) is 0.238. The maximum absolute atomic E-state index is 12.3. The van der Waals surface area contributed by atoms with E-state index in [0.29, 0.717) is 30.4 Å². The molecule has 3 aromatic rings. The van der Waals surface area contributed by atoms with E-state index in [1.54, 1.807) is 38.3 Å². The van der Waals surface area contributed by atoms with Crippen molar-refractivity contribution in [1.29, 1.82) is 0 Å². The quantitative estimate of drug-likeness (QED) is 0.483. The Morgan fingerprint density at radius 1 is 1.04 bits per heavy atom. The Balaban J connectivity index is 1.62. The molecular formula is C21H22N2O5. The van der Waals surface area contributed by atoms with Gasteiger partial charge in [-0.05, 0) is 31.2 Å². The molecule has 0 spiro atoms. The van der Waals surface area contributed by atoms with Gasteiger partial charge in [-0.25, -0.2) is 0 Å². The number of nitrogens with one attached hydrogen (secondary N) is 2. The molecule has 2 aromatic carbocycles. The lowest BCUT2D eigenvalue weighted by Crippen LogP contribution is -2.36. The van der Waals surface area contributed by atoms with Crippen molar-refractivity contribution in [2.45, 2.75) is 13.0 Å². The number of hydrogen-bond donors (Lipinski definition) is 2. The molecule has 1 unspecified atom stereocenters. The Labute approximate surface area is 162 Å². The van der Waals surface area contributed by atoms with Crippen LogP contribution in [0.4, 0.5) is 5.69 Å². The van der Waals surface area contributed by atoms with E-state index in [1.165, 1.54) is 0 Å². The first-order valence-electron chi connectivity index (χ1n) is 8.89. The first kappa shape index (κ1) is 19.4. The molecule has 3 rings (SSSR count). The summed E-state index contributed by atoms with van der Waals surface area (Å²) in [5.41, 5.74) is 1.14. The van der Waals surface area contributed by atoms with Crippen LogP contribution in [0.2, 0.25) is 0 Å². The molecule has 1 heterocycles. The molecule has 0 fully saturated rings. The van der Waals surface area contributed by atoms with Gasteiger partial charge >= 0.3 is 11.8 Å². The highest BCUT2D eigenvalue weighted by molar-refractivity contribution is 6.39. The van der Waals surface area contributed by atoms with Crippen LogP contribution < -0.4 is 15.4 Å². The number of carbonyl (C=O) groups is 2. The highest BCUT2D eigenvalue weighted by atomic mass is 16.5. The van der Waals surface area contributed by atoms with Crippen LogP contribution in [0.25, 0.3) is 11.0 Å². The molecule has 0 aliphatic rings. The first-order chi connectivity index (χ1) is 13.6. The zero-order valence-electron chi connectivity index (χ0n) is 15.7. The van der Waals surface area contributed by atoms with Crippen LogP contribution >= 0.6 is 0 Å². The van der Waals surface area contributed by atoms with Crippen molar-refractivity contribution in [3.63, 3.8) is 0 Å². The third kappa shape index (κ3) is 4.69. The molecule has 146 valence electrons. The minimum Gasteiger partial charge on any atom is -0.489 e. The third-order valence-electron chi connectivity index (χ3n) is 4.11. The van der Waals surface area contributed by atoms with Crippen molar-refractivity contribution in [1.82, 2.24) is 5.32 Å². The fourth-order valence-electron chi connectivity index (χ4n) is 2.66. The van der Waals surface area contributed by atoms with Gasteiger partial charge in [0.2, 0.25) is 0 Å². The lowest BCUT2D eigenvalue weighted by molar-refractivity contribution is -0.136. The van der Waals surface area contributed by atoms with Gasteiger partial charge in [-0.1, -0.05) is 30.3 Å². The summed E-state index contributed by atoms with van der Waals surface area (Å²) in [6.07, 6.45) is 0. The minimum atomic E-state index is -0.786. The van der Waals surface area contributed by atoms with Crippen molar-refractivity contribution in [3.05, 3.63) is 60.4 Å². The molecule has 0 saturated carbocycles. The number of amides is 2. The maximum atomic E-state index is 12.3. The summed E-state index contributed by atoms with van der Waals surface area (Å²) in [6, 6.07) is 15.8. The number of anilines is 1. The number of rotatable bonds is 7. The summed E-state index contributed by atoms with van der Waals surface area (Å²) >= 11 is 0. The van der Waals surface area contributed by atoms with Crippen LogP contribution in [0, 0.1) is 0 Å². The largest absolute Gasteiger partial charge is 0.489 e. The number of methoxy groups -OCH3 is 1. The van der Waals surface area contributed by atoms with E-state index in [0.717, 1.165) is 11.0 Å². The van der Waals surface area contributed by atoms with Gasteiger partial charge in [-0.15, -0.1) is 0 Å². The molecule has 2 N–H and O–H groups in total. The summed E-state index contributed by atoms with van der Waals surface area (Å²) < 4.78 is 16.2. The number of para-hydroxylation sites is 3. The van der Waals surface area contributed by atoms with E-state index in [-0.39, 0.29) is 0 Å². The predicted octanol–water partition coefficient (Wildman–Crippen LogP) is 3.27. The Morgan fingerprint density at radius 3 is 2.57 bits per heavy atom. The number of furan rings is 1. The SMILES string of the molecule is COCCOc1ccccc1NC(=O)C(=O)NC(C)c1cc2ccccc2o1. The van der Waals surface area contributed by atoms with Gasteiger partial charge in [0.15, 0.2) is 0 Å². The zero-order valence-corrected chi connectivity index (χ0v) is 15.7. The van der Waals surface area contributed by atoms with E-state index >= 15 is 0 Å². The fourth-order valence-corrected chi connectivity index (χ4v) is 2.66. The van der Waals surface area contributed by atoms with Crippen LogP contribution in [0.1, 0.15) is 18.7 Å². The molecule has 7 heteroatoms. The van der Waals surface area contributed by atoms with Crippen LogP contribution in [0.5, 0.6) is 5.75 Å². The molecule has 0 saturated heterocycles. The summed E-state index contributed by atoms with van der Waals surface area (Å²) in [5.74, 6) is -0.512. The van der Waals surface area contributed by atoms with Crippen molar-refractivity contribution < 1.29 is 23.5 Å². The molecule has 28 heavy (non-hydrogen) atoms. The summed E-state index contributed by atoms with van der Waals surface area (Å²) in [7, 11) is 1.57. The normalized spacial score (nSPS) is 11.8. The highest BCUT2D eigenvalue weighted by Crippen LogP contribution is 2.25. The number of carbonyl (C=O) groups excluding carboxylic acids is 2. The summed E-state index contributed by atoms with van der Waals surface area (Å²) in [6.45, 7) is 2.50. The first-order valence-corrected chi connectivity index (χ1v) is 8.89. The second kappa shape index (κ2) is 9.05. The summed E-state index contributed by atoms with van der Waals surface area (Å²) in [4.78, 5) is 24.6. The van der Waals surface area contributed by atoms with Gasteiger partial charge in [0, 0.05) is 12.5 Å². The van der Waals surface area contributed by atoms with E-state index in [2.05, 4.69) is 10.6 Å². The van der Waals surface area contributed by atoms with Crippen LogP contribution in [0.3, 0.4) is 0 Å². The second-order valence-corrected chi connectivity index (χ2v) is 6.17. The Morgan fingerprint density at radius 2 is 1.79 bits per heavy atom. The Kier molecular flexibility index (Phi) is 6.29. The van der Waals surface area contributed by atoms with Crippen molar-refractivity contribution in [2.24, 2.45) is 0 Å². The van der Waals surface area contributed by atoms with Crippen LogP contribution in [-0.2, 0) is 14.3 Å². The molecule has 0 radical (unpaired) electrons. The Hall–Kier alpha value is -3.32. The van der Waals surface area contributed by atoms with Gasteiger partial charge < -0.3 is 24.5 Å². The van der Waals surface area contributed by atoms with E-state index in [1.807, 2.05) is 30.3 Å². The predicted molar refractivity (Wildman–Crippen MR) is 105 cm³/mol. The topological polar surface area (TPSA) is 89.8 Å². The highest BCUT2D eigenvalue weighted by Gasteiger charge is 2.20. The second-order valence-electron chi connectivity index (χ2n) is 6.17. The smallest absolute Gasteiger partial charge is 0.313 e. The minimum absolute atomic E-state index is 0.332. The van der Waals surface area contributed by atoms with Crippen molar-refractivity contribution >= 4 is 28.5 Å². The third-order valence-corrected chi connectivity index (χ3v) is 4.11. The molecule has 0 aliphatic heterocycles. The van der Waals surface area contributed by atoms with Gasteiger partial charge in [0.05, 0.1) is 18.3 Å². The van der Waals surface area contributed by atoms with Crippen molar-refractivity contribution in [2.75, 3.05) is 25.6 Å². The molecule has 7 nitrogen and oxygen atoms in total. The zero-order chi connectivity index (χ0) is 19.9. The van der Waals surface area contributed by atoms with E-state index < -0.39 is 17.9 Å². The maximum Gasteiger partial charge on any atom is 0.313 e. The monoisotopic (exact) mass is 382 g/mol. The molecule has 2 amide bonds. The molecule has 1 atom stereocenters. The molecule has 0 bridgehead atoms. The standard InChI is InChI=1S/C21H22N2O5/c1-14(19-13-15-7-3-5-9-17(15)28-19)22-20(24)21(25)23-16-8-4-6-10-18(16)27-12-11-26-2/h3-10,13-14H,11-12H2,1-2H3,(H,22,24)(H,23,25). The van der Waals surface area contributed by atoms with Crippen LogP contribution in [-0.4, -0.2) is 32.1 Å². The molecular weight excluding hydrogens is 360 g/mol. The van der Waals surface area contributed by atoms with Gasteiger partial charge in [0.25, 0.3) is 0 Å². The molecule has 1 aromatic heterocycles. The number of benzene rings is 2. The average molecular weight is 382 g/mol. The van der Waals surface area contributed by atoms with E-state index in [4.69, 9.17) is 13.9 Å². The van der Waals surface area contributed by atoms with E-state index in [9.17, 15) is 9.59 Å². The number of hydrogen-bond acceptors (Lipinski definition) is 5. The number of fused-ring (bicyclic) bond motifs is 1. The Bertz CT molecular complexity index is 933. The van der Waals surface area contributed by atoms with Crippen molar-refractivity contribution in [3.8, 4) is 5.75 Å². The van der Waals surface area contributed by atoms with Crippen LogP contribution in [0.15, 0.2) is 59.0 Å². The van der Waals surface area contributed by atoms with Gasteiger partial charge in [-0.3, -0.25) is 9.59 Å².